The second kappa shape index (κ2) is 6.27. The summed E-state index contributed by atoms with van der Waals surface area (Å²) in [5.41, 5.74) is 7.90. The quantitative estimate of drug-likeness (QED) is 0.907. The number of aromatic nitrogens is 1. The van der Waals surface area contributed by atoms with Gasteiger partial charge in [0.05, 0.1) is 13.2 Å². The van der Waals surface area contributed by atoms with Gasteiger partial charge in [0, 0.05) is 17.8 Å². The Morgan fingerprint density at radius 2 is 2.05 bits per heavy atom. The summed E-state index contributed by atoms with van der Waals surface area (Å²) in [6, 6.07) is 13.5. The van der Waals surface area contributed by atoms with E-state index in [1.807, 2.05) is 48.0 Å². The smallest absolute Gasteiger partial charge is 0.124 e. The standard InChI is InChI=1S/C16H19N3O/c1-3-14(18)16(19-10-6-7-12(19)11-17)13-8-4-5-9-15(13)20-2/h4-10,14,16H,3,18H2,1-2H3. The van der Waals surface area contributed by atoms with Crippen LogP contribution in [-0.4, -0.2) is 17.7 Å². The number of rotatable bonds is 5. The third-order valence-electron chi connectivity index (χ3n) is 3.53. The van der Waals surface area contributed by atoms with Gasteiger partial charge in [-0.05, 0) is 24.6 Å². The maximum absolute atomic E-state index is 9.24. The van der Waals surface area contributed by atoms with Crippen molar-refractivity contribution >= 4 is 0 Å². The van der Waals surface area contributed by atoms with Crippen molar-refractivity contribution in [2.24, 2.45) is 5.73 Å². The molecule has 2 rings (SSSR count). The van der Waals surface area contributed by atoms with Crippen LogP contribution in [0.15, 0.2) is 42.6 Å². The second-order valence-corrected chi connectivity index (χ2v) is 4.67. The molecule has 2 atom stereocenters. The number of ether oxygens (including phenoxy) is 1. The maximum atomic E-state index is 9.24. The van der Waals surface area contributed by atoms with Crippen molar-refractivity contribution in [2.75, 3.05) is 7.11 Å². The van der Waals surface area contributed by atoms with E-state index in [1.54, 1.807) is 13.2 Å². The molecule has 0 saturated carbocycles. The van der Waals surface area contributed by atoms with Gasteiger partial charge in [0.25, 0.3) is 0 Å². The Balaban J connectivity index is 2.57. The predicted molar refractivity (Wildman–Crippen MR) is 78.5 cm³/mol. The lowest BCUT2D eigenvalue weighted by atomic mass is 9.96. The molecule has 0 aliphatic heterocycles. The molecule has 1 aromatic carbocycles. The SMILES string of the molecule is CCC(N)C(c1ccccc1OC)n1cccc1C#N. The molecule has 0 saturated heterocycles. The lowest BCUT2D eigenvalue weighted by Crippen LogP contribution is -2.33. The molecule has 2 unspecified atom stereocenters. The number of nitrogens with two attached hydrogens (primary N) is 1. The van der Waals surface area contributed by atoms with E-state index in [1.165, 1.54) is 0 Å². The van der Waals surface area contributed by atoms with E-state index < -0.39 is 0 Å². The Kier molecular flexibility index (Phi) is 4.44. The Bertz CT molecular complexity index is 612. The van der Waals surface area contributed by atoms with Crippen LogP contribution in [0.2, 0.25) is 0 Å². The van der Waals surface area contributed by atoms with Crippen LogP contribution in [0.5, 0.6) is 5.75 Å². The Hall–Kier alpha value is -2.25. The molecule has 1 aromatic heterocycles. The zero-order chi connectivity index (χ0) is 14.5. The van der Waals surface area contributed by atoms with Gasteiger partial charge in [-0.3, -0.25) is 0 Å². The predicted octanol–water partition coefficient (Wildman–Crippen LogP) is 2.70. The van der Waals surface area contributed by atoms with Crippen LogP contribution in [0.25, 0.3) is 0 Å². The van der Waals surface area contributed by atoms with E-state index in [0.29, 0.717) is 5.69 Å². The van der Waals surface area contributed by atoms with Crippen LogP contribution in [0, 0.1) is 11.3 Å². The van der Waals surface area contributed by atoms with Gasteiger partial charge in [-0.15, -0.1) is 0 Å². The molecule has 0 amide bonds. The monoisotopic (exact) mass is 269 g/mol. The summed E-state index contributed by atoms with van der Waals surface area (Å²) < 4.78 is 7.36. The lowest BCUT2D eigenvalue weighted by molar-refractivity contribution is 0.387. The fraction of sp³-hybridized carbons (Fsp3) is 0.312. The van der Waals surface area contributed by atoms with Crippen molar-refractivity contribution in [3.8, 4) is 11.8 Å². The highest BCUT2D eigenvalue weighted by Gasteiger charge is 2.24. The zero-order valence-corrected chi connectivity index (χ0v) is 11.8. The first-order valence-electron chi connectivity index (χ1n) is 6.68. The molecule has 4 heteroatoms. The third kappa shape index (κ3) is 2.54. The summed E-state index contributed by atoms with van der Waals surface area (Å²) in [6.07, 6.45) is 2.71. The first-order chi connectivity index (χ1) is 9.72. The van der Waals surface area contributed by atoms with Crippen molar-refractivity contribution < 1.29 is 4.74 Å². The highest BCUT2D eigenvalue weighted by molar-refractivity contribution is 5.39. The number of nitriles is 1. The Labute approximate surface area is 119 Å². The molecule has 0 aliphatic carbocycles. The first kappa shape index (κ1) is 14.2. The molecule has 1 heterocycles. The largest absolute Gasteiger partial charge is 0.496 e. The van der Waals surface area contributed by atoms with Gasteiger partial charge in [-0.1, -0.05) is 25.1 Å². The molecule has 0 fully saturated rings. The molecule has 0 radical (unpaired) electrons. The third-order valence-corrected chi connectivity index (χ3v) is 3.53. The molecule has 4 nitrogen and oxygen atoms in total. The van der Waals surface area contributed by atoms with Crippen LogP contribution < -0.4 is 10.5 Å². The second-order valence-electron chi connectivity index (χ2n) is 4.67. The normalized spacial score (nSPS) is 13.5. The van der Waals surface area contributed by atoms with E-state index in [4.69, 9.17) is 10.5 Å². The van der Waals surface area contributed by atoms with Crippen LogP contribution in [0.1, 0.15) is 30.6 Å². The minimum absolute atomic E-state index is 0.0919. The number of hydrogen-bond donors (Lipinski definition) is 1. The van der Waals surface area contributed by atoms with Crippen LogP contribution in [-0.2, 0) is 0 Å². The number of benzene rings is 1. The van der Waals surface area contributed by atoms with Gasteiger partial charge >= 0.3 is 0 Å². The number of methoxy groups -OCH3 is 1. The highest BCUT2D eigenvalue weighted by Crippen LogP contribution is 2.31. The van der Waals surface area contributed by atoms with E-state index >= 15 is 0 Å². The van der Waals surface area contributed by atoms with Crippen molar-refractivity contribution in [2.45, 2.75) is 25.4 Å². The summed E-state index contributed by atoms with van der Waals surface area (Å²) in [7, 11) is 1.65. The first-order valence-corrected chi connectivity index (χ1v) is 6.68. The highest BCUT2D eigenvalue weighted by atomic mass is 16.5. The van der Waals surface area contributed by atoms with Crippen molar-refractivity contribution in [3.63, 3.8) is 0 Å². The summed E-state index contributed by atoms with van der Waals surface area (Å²) >= 11 is 0. The topological polar surface area (TPSA) is 64.0 Å². The van der Waals surface area contributed by atoms with Crippen LogP contribution >= 0.6 is 0 Å². The molecule has 2 aromatic rings. The number of para-hydroxylation sites is 1. The summed E-state index contributed by atoms with van der Waals surface area (Å²) in [5, 5.41) is 9.24. The van der Waals surface area contributed by atoms with Gasteiger partial charge in [-0.25, -0.2) is 0 Å². The van der Waals surface area contributed by atoms with Crippen LogP contribution in [0.3, 0.4) is 0 Å². The number of nitrogens with zero attached hydrogens (tertiary/aromatic N) is 2. The minimum atomic E-state index is -0.110. The molecule has 0 spiro atoms. The molecular formula is C16H19N3O. The molecule has 2 N–H and O–H groups in total. The molecule has 0 bridgehead atoms. The molecule has 20 heavy (non-hydrogen) atoms. The molecule has 104 valence electrons. The van der Waals surface area contributed by atoms with Crippen molar-refractivity contribution in [1.82, 2.24) is 4.57 Å². The van der Waals surface area contributed by atoms with Crippen molar-refractivity contribution in [1.29, 1.82) is 5.26 Å². The molecular weight excluding hydrogens is 250 g/mol. The summed E-state index contributed by atoms with van der Waals surface area (Å²) in [4.78, 5) is 0. The van der Waals surface area contributed by atoms with Gasteiger partial charge in [0.1, 0.15) is 17.5 Å². The Morgan fingerprint density at radius 1 is 1.30 bits per heavy atom. The molecule has 0 aliphatic rings. The minimum Gasteiger partial charge on any atom is -0.496 e. The van der Waals surface area contributed by atoms with Gasteiger partial charge in [-0.2, -0.15) is 5.26 Å². The Morgan fingerprint density at radius 3 is 2.70 bits per heavy atom. The summed E-state index contributed by atoms with van der Waals surface area (Å²) in [5.74, 6) is 0.791. The fourth-order valence-corrected chi connectivity index (χ4v) is 2.45. The summed E-state index contributed by atoms with van der Waals surface area (Å²) in [6.45, 7) is 2.04. The van der Waals surface area contributed by atoms with Gasteiger partial charge in [0.15, 0.2) is 0 Å². The maximum Gasteiger partial charge on any atom is 0.124 e. The van der Waals surface area contributed by atoms with Crippen molar-refractivity contribution in [3.05, 3.63) is 53.9 Å². The zero-order valence-electron chi connectivity index (χ0n) is 11.8. The lowest BCUT2D eigenvalue weighted by Gasteiger charge is -2.27. The van der Waals surface area contributed by atoms with E-state index in [0.717, 1.165) is 17.7 Å². The number of hydrogen-bond acceptors (Lipinski definition) is 3. The van der Waals surface area contributed by atoms with Gasteiger partial charge < -0.3 is 15.0 Å². The average Bonchev–Trinajstić information content (AvgIpc) is 2.96. The van der Waals surface area contributed by atoms with E-state index in [-0.39, 0.29) is 12.1 Å². The van der Waals surface area contributed by atoms with Crippen LogP contribution in [0.4, 0.5) is 0 Å². The fourth-order valence-electron chi connectivity index (χ4n) is 2.45. The average molecular weight is 269 g/mol. The van der Waals surface area contributed by atoms with E-state index in [9.17, 15) is 5.26 Å². The van der Waals surface area contributed by atoms with Gasteiger partial charge in [0.2, 0.25) is 0 Å². The van der Waals surface area contributed by atoms with E-state index in [2.05, 4.69) is 6.07 Å².